The lowest BCUT2D eigenvalue weighted by atomic mass is 10.2. The molecule has 0 bridgehead atoms. The molecule has 0 radical (unpaired) electrons. The molecule has 1 nitrogen and oxygen atoms in total. The van der Waals surface area contributed by atoms with E-state index in [1.807, 2.05) is 6.08 Å². The van der Waals surface area contributed by atoms with Gasteiger partial charge in [-0.15, -0.1) is 0 Å². The Kier molecular flexibility index (Phi) is 5.60. The minimum atomic E-state index is 0.933. The number of rotatable bonds is 3. The molecule has 0 saturated carbocycles. The topological polar surface area (TPSA) is 20.2 Å². The van der Waals surface area contributed by atoms with Gasteiger partial charge in [-0.2, -0.15) is 0 Å². The molecular weight excluding hydrogens is 124 g/mol. The smallest absolute Gasteiger partial charge is 0.121 e. The zero-order valence-corrected chi connectivity index (χ0v) is 6.59. The van der Waals surface area contributed by atoms with Crippen LogP contribution in [0.3, 0.4) is 0 Å². The van der Waals surface area contributed by atoms with E-state index < -0.39 is 0 Å². The van der Waals surface area contributed by atoms with Gasteiger partial charge in [0.15, 0.2) is 0 Å². The van der Waals surface area contributed by atoms with Gasteiger partial charge in [0.1, 0.15) is 6.26 Å². The van der Waals surface area contributed by atoms with E-state index in [-0.39, 0.29) is 0 Å². The summed E-state index contributed by atoms with van der Waals surface area (Å²) >= 11 is 0. The van der Waals surface area contributed by atoms with Crippen molar-refractivity contribution in [1.82, 2.24) is 0 Å². The summed E-state index contributed by atoms with van der Waals surface area (Å²) < 4.78 is 0. The van der Waals surface area contributed by atoms with E-state index in [0.29, 0.717) is 0 Å². The minimum Gasteiger partial charge on any atom is -0.507 e. The summed E-state index contributed by atoms with van der Waals surface area (Å²) in [6, 6.07) is 0. The highest BCUT2D eigenvalue weighted by atomic mass is 16.2. The third kappa shape index (κ3) is 7.06. The Morgan fingerprint density at radius 3 is 2.60 bits per heavy atom. The van der Waals surface area contributed by atoms with Gasteiger partial charge in [-0.25, -0.2) is 0 Å². The summed E-state index contributed by atoms with van der Waals surface area (Å²) in [6.07, 6.45) is 6.89. The molecule has 0 fully saturated rings. The maximum Gasteiger partial charge on any atom is 0.121 e. The zero-order valence-electron chi connectivity index (χ0n) is 6.59. The third-order valence-electron chi connectivity index (χ3n) is 1.06. The molecule has 1 heteroatoms. The second kappa shape index (κ2) is 6.18. The zero-order chi connectivity index (χ0) is 7.82. The Morgan fingerprint density at radius 2 is 2.10 bits per heavy atom. The molecule has 0 aromatic carbocycles. The Labute approximate surface area is 62.4 Å². The quantitative estimate of drug-likeness (QED) is 0.275. The molecule has 0 aliphatic rings. The molecule has 0 unspecified atom stereocenters. The predicted octanol–water partition coefficient (Wildman–Crippen LogP) is 2.96. The summed E-state index contributed by atoms with van der Waals surface area (Å²) in [5.41, 5.74) is 3.93. The number of allylic oxidation sites excluding steroid dienone is 3. The average Bonchev–Trinajstić information content (AvgIpc) is 1.87. The fourth-order valence-electron chi connectivity index (χ4n) is 0.591. The van der Waals surface area contributed by atoms with Gasteiger partial charge in [-0.3, -0.25) is 0 Å². The lowest BCUT2D eigenvalue weighted by Crippen LogP contribution is -1.66. The molecule has 0 aromatic rings. The summed E-state index contributed by atoms with van der Waals surface area (Å²) in [5.74, 6) is 0. The van der Waals surface area contributed by atoms with Crippen molar-refractivity contribution >= 4 is 0 Å². The second-order valence-corrected chi connectivity index (χ2v) is 2.36. The highest BCUT2D eigenvalue weighted by molar-refractivity contribution is 4.94. The highest BCUT2D eigenvalue weighted by Crippen LogP contribution is 1.96. The molecule has 0 aliphatic heterocycles. The Morgan fingerprint density at radius 1 is 1.40 bits per heavy atom. The van der Waals surface area contributed by atoms with Crippen molar-refractivity contribution in [1.29, 1.82) is 0 Å². The number of hydrogen-bond donors (Lipinski definition) is 1. The maximum atomic E-state index is 8.19. The fourth-order valence-corrected chi connectivity index (χ4v) is 0.591. The van der Waals surface area contributed by atoms with E-state index in [9.17, 15) is 0 Å². The molecule has 0 heterocycles. The van der Waals surface area contributed by atoms with Gasteiger partial charge >= 0.3 is 0 Å². The molecule has 10 heavy (non-hydrogen) atoms. The number of aliphatic hydroxyl groups excluding tert-OH is 1. The minimum absolute atomic E-state index is 0.933. The van der Waals surface area contributed by atoms with Crippen LogP contribution in [0.15, 0.2) is 29.7 Å². The van der Waals surface area contributed by atoms with Crippen molar-refractivity contribution in [2.75, 3.05) is 0 Å². The lowest BCUT2D eigenvalue weighted by molar-refractivity contribution is 0.474. The number of hydrogen-bond acceptors (Lipinski definition) is 1. The van der Waals surface area contributed by atoms with Crippen LogP contribution < -0.4 is 0 Å². The van der Waals surface area contributed by atoms with Crippen molar-refractivity contribution < 1.29 is 5.11 Å². The molecule has 0 saturated heterocycles. The van der Waals surface area contributed by atoms with E-state index in [1.54, 1.807) is 0 Å². The molecule has 0 aliphatic carbocycles. The number of aliphatic hydroxyl groups is 1. The first-order valence-electron chi connectivity index (χ1n) is 3.44. The Balaban J connectivity index is 3.39. The van der Waals surface area contributed by atoms with E-state index in [0.717, 1.165) is 19.1 Å². The van der Waals surface area contributed by atoms with Crippen LogP contribution in [0.2, 0.25) is 0 Å². The van der Waals surface area contributed by atoms with Crippen LogP contribution in [0.5, 0.6) is 0 Å². The van der Waals surface area contributed by atoms with Gasteiger partial charge < -0.3 is 5.11 Å². The first-order valence-corrected chi connectivity index (χ1v) is 3.44. The largest absolute Gasteiger partial charge is 0.507 e. The van der Waals surface area contributed by atoms with Crippen molar-refractivity contribution in [2.24, 2.45) is 0 Å². The summed E-state index contributed by atoms with van der Waals surface area (Å²) in [4.78, 5) is 0. The molecule has 0 aromatic heterocycles. The van der Waals surface area contributed by atoms with Crippen molar-refractivity contribution in [3.8, 4) is 0 Å². The summed E-state index contributed by atoms with van der Waals surface area (Å²) in [7, 11) is 0. The van der Waals surface area contributed by atoms with Crippen LogP contribution >= 0.6 is 0 Å². The van der Waals surface area contributed by atoms with E-state index in [1.165, 1.54) is 5.57 Å². The second-order valence-electron chi connectivity index (χ2n) is 2.36. The molecular formula is C9H14O. The van der Waals surface area contributed by atoms with Crippen molar-refractivity contribution in [2.45, 2.75) is 26.7 Å². The molecule has 1 N–H and O–H groups in total. The van der Waals surface area contributed by atoms with Crippen LogP contribution in [-0.2, 0) is 0 Å². The molecule has 56 valence electrons. The third-order valence-corrected chi connectivity index (χ3v) is 1.06. The first-order chi connectivity index (χ1) is 4.77. The number of unbranched alkanes of at least 4 members (excludes halogenated alkanes) is 1. The van der Waals surface area contributed by atoms with Gasteiger partial charge in [0.25, 0.3) is 0 Å². The Bertz CT molecular complexity index is 156. The lowest BCUT2D eigenvalue weighted by Gasteiger charge is -1.86. The van der Waals surface area contributed by atoms with Gasteiger partial charge in [-0.05, 0) is 32.8 Å². The van der Waals surface area contributed by atoms with Crippen LogP contribution in [0, 0.1) is 0 Å². The monoisotopic (exact) mass is 138 g/mol. The molecule has 0 amide bonds. The SMILES string of the molecule is CC(C)=CCCC=C=CO. The predicted molar refractivity (Wildman–Crippen MR) is 43.9 cm³/mol. The van der Waals surface area contributed by atoms with Crippen LogP contribution in [0.1, 0.15) is 26.7 Å². The van der Waals surface area contributed by atoms with Crippen LogP contribution in [0.25, 0.3) is 0 Å². The molecule has 0 spiro atoms. The summed E-state index contributed by atoms with van der Waals surface area (Å²) in [5, 5.41) is 8.19. The molecule has 0 atom stereocenters. The first kappa shape index (κ1) is 9.06. The van der Waals surface area contributed by atoms with Crippen molar-refractivity contribution in [3.63, 3.8) is 0 Å². The standard InChI is InChI=1S/C9H14O/c1-9(2)7-5-3-4-6-8-10/h4,7-8,10H,3,5H2,1-2H3. The van der Waals surface area contributed by atoms with Crippen molar-refractivity contribution in [3.05, 3.63) is 29.7 Å². The van der Waals surface area contributed by atoms with Gasteiger partial charge in [0.05, 0.1) is 0 Å². The fraction of sp³-hybridized carbons (Fsp3) is 0.444. The van der Waals surface area contributed by atoms with Gasteiger partial charge in [-0.1, -0.05) is 17.4 Å². The maximum absolute atomic E-state index is 8.19. The van der Waals surface area contributed by atoms with E-state index in [2.05, 4.69) is 25.7 Å². The molecule has 0 rings (SSSR count). The normalized spacial score (nSPS) is 7.80. The highest BCUT2D eigenvalue weighted by Gasteiger charge is 1.76. The average molecular weight is 138 g/mol. The Hall–Kier alpha value is -0.940. The van der Waals surface area contributed by atoms with Crippen LogP contribution in [0.4, 0.5) is 0 Å². The van der Waals surface area contributed by atoms with Gasteiger partial charge in [0.2, 0.25) is 0 Å². The van der Waals surface area contributed by atoms with E-state index in [4.69, 9.17) is 5.11 Å². The van der Waals surface area contributed by atoms with Crippen LogP contribution in [-0.4, -0.2) is 5.11 Å². The summed E-state index contributed by atoms with van der Waals surface area (Å²) in [6.45, 7) is 4.15. The van der Waals surface area contributed by atoms with Gasteiger partial charge in [0, 0.05) is 0 Å². The van der Waals surface area contributed by atoms with E-state index >= 15 is 0 Å².